The molecule has 2 aromatic rings. The Morgan fingerprint density at radius 3 is 2.78 bits per heavy atom. The van der Waals surface area contributed by atoms with Gasteiger partial charge in [0.2, 0.25) is 5.91 Å². The quantitative estimate of drug-likeness (QED) is 0.887. The third-order valence-electron chi connectivity index (χ3n) is 2.78. The highest BCUT2D eigenvalue weighted by molar-refractivity contribution is 7.10. The van der Waals surface area contributed by atoms with E-state index in [2.05, 4.69) is 37.4 Å². The molecule has 0 spiro atoms. The maximum atomic E-state index is 11.0. The summed E-state index contributed by atoms with van der Waals surface area (Å²) in [5, 5.41) is 5.17. The molecule has 1 aromatic heterocycles. The molecule has 18 heavy (non-hydrogen) atoms. The second kappa shape index (κ2) is 5.23. The Balaban J connectivity index is 2.06. The van der Waals surface area contributed by atoms with Crippen LogP contribution in [0.3, 0.4) is 0 Å². The molecule has 0 fully saturated rings. The van der Waals surface area contributed by atoms with Crippen molar-refractivity contribution in [1.29, 1.82) is 0 Å². The fourth-order valence-corrected chi connectivity index (χ4v) is 2.52. The van der Waals surface area contributed by atoms with Crippen molar-refractivity contribution in [3.63, 3.8) is 0 Å². The van der Waals surface area contributed by atoms with Crippen molar-refractivity contribution in [2.75, 3.05) is 5.32 Å². The first-order valence-electron chi connectivity index (χ1n) is 5.74. The zero-order valence-corrected chi connectivity index (χ0v) is 11.3. The molecule has 1 amide bonds. The molecule has 0 aliphatic rings. The molecule has 0 aliphatic heterocycles. The fourth-order valence-electron chi connectivity index (χ4n) is 1.71. The minimum atomic E-state index is -0.371. The lowest BCUT2D eigenvalue weighted by atomic mass is 10.1. The molecule has 0 bridgehead atoms. The molecular formula is C14H16N2OS. The number of primary amides is 1. The lowest BCUT2D eigenvalue weighted by Gasteiger charge is -2.09. The molecule has 1 heterocycles. The zero-order chi connectivity index (χ0) is 13.1. The van der Waals surface area contributed by atoms with Crippen LogP contribution in [0.1, 0.15) is 26.4 Å². The van der Waals surface area contributed by atoms with Gasteiger partial charge in [0.1, 0.15) is 0 Å². The molecule has 0 saturated carbocycles. The molecule has 0 unspecified atom stereocenters. The lowest BCUT2D eigenvalue weighted by molar-refractivity contribution is 0.100. The van der Waals surface area contributed by atoms with E-state index in [-0.39, 0.29) is 5.91 Å². The van der Waals surface area contributed by atoms with Gasteiger partial charge < -0.3 is 11.1 Å². The first-order chi connectivity index (χ1) is 8.56. The smallest absolute Gasteiger partial charge is 0.249 e. The van der Waals surface area contributed by atoms with Crippen molar-refractivity contribution in [1.82, 2.24) is 0 Å². The Labute approximate surface area is 111 Å². The van der Waals surface area contributed by atoms with Crippen LogP contribution in [0.5, 0.6) is 0 Å². The van der Waals surface area contributed by atoms with E-state index >= 15 is 0 Å². The number of aryl methyl sites for hydroxylation is 2. The van der Waals surface area contributed by atoms with E-state index in [1.165, 1.54) is 11.1 Å². The molecule has 0 atom stereocenters. The van der Waals surface area contributed by atoms with E-state index in [9.17, 15) is 4.79 Å². The Kier molecular flexibility index (Phi) is 3.67. The van der Waals surface area contributed by atoms with Crippen molar-refractivity contribution in [2.45, 2.75) is 20.4 Å². The van der Waals surface area contributed by atoms with Crippen molar-refractivity contribution < 1.29 is 4.79 Å². The van der Waals surface area contributed by atoms with Crippen molar-refractivity contribution >= 4 is 22.9 Å². The third kappa shape index (κ3) is 2.90. The molecular weight excluding hydrogens is 244 g/mol. The first-order valence-corrected chi connectivity index (χ1v) is 6.62. The summed E-state index contributed by atoms with van der Waals surface area (Å²) in [5.74, 6) is -0.371. The van der Waals surface area contributed by atoms with Crippen LogP contribution < -0.4 is 11.1 Å². The van der Waals surface area contributed by atoms with Gasteiger partial charge in [0, 0.05) is 22.5 Å². The molecule has 0 radical (unpaired) electrons. The number of thiophene rings is 1. The highest BCUT2D eigenvalue weighted by Crippen LogP contribution is 2.20. The van der Waals surface area contributed by atoms with Gasteiger partial charge in [-0.05, 0) is 37.1 Å². The summed E-state index contributed by atoms with van der Waals surface area (Å²) in [6, 6.07) is 8.15. The average molecular weight is 260 g/mol. The maximum Gasteiger partial charge on any atom is 0.249 e. The zero-order valence-electron chi connectivity index (χ0n) is 10.5. The number of benzene rings is 1. The molecule has 2 rings (SSSR count). The van der Waals surface area contributed by atoms with Gasteiger partial charge in [-0.3, -0.25) is 4.79 Å². The lowest BCUT2D eigenvalue weighted by Crippen LogP contribution is -2.09. The van der Waals surface area contributed by atoms with E-state index in [4.69, 9.17) is 5.73 Å². The normalized spacial score (nSPS) is 10.3. The van der Waals surface area contributed by atoms with E-state index in [1.54, 1.807) is 16.7 Å². The van der Waals surface area contributed by atoms with Crippen LogP contribution in [-0.2, 0) is 6.54 Å². The molecule has 4 heteroatoms. The molecule has 0 saturated heterocycles. The summed E-state index contributed by atoms with van der Waals surface area (Å²) in [4.78, 5) is 12.1. The largest absolute Gasteiger partial charge is 0.380 e. The van der Waals surface area contributed by atoms with Crippen molar-refractivity contribution in [3.05, 3.63) is 51.2 Å². The van der Waals surface area contributed by atoms with Gasteiger partial charge in [-0.15, -0.1) is 11.3 Å². The number of amides is 1. The average Bonchev–Trinajstić information content (AvgIpc) is 2.79. The number of hydrogen-bond acceptors (Lipinski definition) is 3. The number of hydrogen-bond donors (Lipinski definition) is 2. The number of carbonyl (C=O) groups excluding carboxylic acids is 1. The Bertz CT molecular complexity index is 575. The monoisotopic (exact) mass is 260 g/mol. The summed E-state index contributed by atoms with van der Waals surface area (Å²) < 4.78 is 0. The van der Waals surface area contributed by atoms with Crippen LogP contribution >= 0.6 is 11.3 Å². The Morgan fingerprint density at radius 1 is 1.33 bits per heavy atom. The van der Waals surface area contributed by atoms with Crippen LogP contribution in [0.15, 0.2) is 29.6 Å². The predicted molar refractivity (Wildman–Crippen MR) is 76.1 cm³/mol. The molecule has 94 valence electrons. The molecule has 3 nitrogen and oxygen atoms in total. The summed E-state index contributed by atoms with van der Waals surface area (Å²) in [7, 11) is 0. The topological polar surface area (TPSA) is 55.1 Å². The number of carbonyl (C=O) groups is 1. The Hall–Kier alpha value is -1.81. The SMILES string of the molecule is Cc1ccc(C)c(NCc2cc(C(N)=O)cs2)c1. The van der Waals surface area contributed by atoms with Gasteiger partial charge >= 0.3 is 0 Å². The second-order valence-corrected chi connectivity index (χ2v) is 5.33. The van der Waals surface area contributed by atoms with Gasteiger partial charge in [-0.1, -0.05) is 12.1 Å². The predicted octanol–water partition coefficient (Wildman–Crippen LogP) is 3.08. The van der Waals surface area contributed by atoms with Crippen LogP contribution in [0.2, 0.25) is 0 Å². The Morgan fingerprint density at radius 2 is 2.11 bits per heavy atom. The van der Waals surface area contributed by atoms with Crippen LogP contribution in [0.25, 0.3) is 0 Å². The number of anilines is 1. The standard InChI is InChI=1S/C14H16N2OS/c1-9-3-4-10(2)13(5-9)16-7-12-6-11(8-18-12)14(15)17/h3-6,8,16H,7H2,1-2H3,(H2,15,17). The van der Waals surface area contributed by atoms with Gasteiger partial charge in [0.25, 0.3) is 0 Å². The van der Waals surface area contributed by atoms with E-state index < -0.39 is 0 Å². The highest BCUT2D eigenvalue weighted by atomic mass is 32.1. The highest BCUT2D eigenvalue weighted by Gasteiger charge is 2.05. The second-order valence-electron chi connectivity index (χ2n) is 4.34. The van der Waals surface area contributed by atoms with Crippen LogP contribution in [-0.4, -0.2) is 5.91 Å². The van der Waals surface area contributed by atoms with E-state index in [0.717, 1.165) is 10.6 Å². The summed E-state index contributed by atoms with van der Waals surface area (Å²) >= 11 is 1.54. The van der Waals surface area contributed by atoms with Crippen molar-refractivity contribution in [3.8, 4) is 0 Å². The number of rotatable bonds is 4. The first kappa shape index (κ1) is 12.6. The summed E-state index contributed by atoms with van der Waals surface area (Å²) in [6.45, 7) is 4.86. The number of nitrogens with two attached hydrogens (primary N) is 1. The van der Waals surface area contributed by atoms with E-state index in [0.29, 0.717) is 12.1 Å². The molecule has 0 aliphatic carbocycles. The maximum absolute atomic E-state index is 11.0. The van der Waals surface area contributed by atoms with Crippen molar-refractivity contribution in [2.24, 2.45) is 5.73 Å². The van der Waals surface area contributed by atoms with Gasteiger partial charge in [0.05, 0.1) is 5.56 Å². The van der Waals surface area contributed by atoms with Gasteiger partial charge in [-0.25, -0.2) is 0 Å². The minimum absolute atomic E-state index is 0.371. The van der Waals surface area contributed by atoms with Gasteiger partial charge in [-0.2, -0.15) is 0 Å². The minimum Gasteiger partial charge on any atom is -0.380 e. The molecule has 3 N–H and O–H groups in total. The number of nitrogens with one attached hydrogen (secondary N) is 1. The molecule has 1 aromatic carbocycles. The van der Waals surface area contributed by atoms with Crippen LogP contribution in [0.4, 0.5) is 5.69 Å². The summed E-state index contributed by atoms with van der Waals surface area (Å²) in [5.41, 5.74) is 9.38. The van der Waals surface area contributed by atoms with E-state index in [1.807, 2.05) is 6.07 Å². The summed E-state index contributed by atoms with van der Waals surface area (Å²) in [6.07, 6.45) is 0. The fraction of sp³-hybridized carbons (Fsp3) is 0.214. The van der Waals surface area contributed by atoms with Crippen LogP contribution in [0, 0.1) is 13.8 Å². The third-order valence-corrected chi connectivity index (χ3v) is 3.72. The van der Waals surface area contributed by atoms with Gasteiger partial charge in [0.15, 0.2) is 0 Å².